The van der Waals surface area contributed by atoms with Crippen LogP contribution in [0.1, 0.15) is 11.4 Å². The smallest absolute Gasteiger partial charge is 0.129 e. The summed E-state index contributed by atoms with van der Waals surface area (Å²) in [6, 6.07) is 11.5. The van der Waals surface area contributed by atoms with Gasteiger partial charge in [0.2, 0.25) is 0 Å². The molecule has 0 amide bonds. The Morgan fingerprint density at radius 3 is 2.45 bits per heavy atom. The first kappa shape index (κ1) is 13.7. The highest BCUT2D eigenvalue weighted by atomic mass is 35.5. The number of halogens is 3. The van der Waals surface area contributed by atoms with Crippen LogP contribution in [-0.4, -0.2) is 9.55 Å². The van der Waals surface area contributed by atoms with Gasteiger partial charge in [0.05, 0.1) is 27.1 Å². The van der Waals surface area contributed by atoms with E-state index in [2.05, 4.69) is 4.98 Å². The van der Waals surface area contributed by atoms with Crippen LogP contribution in [0.5, 0.6) is 0 Å². The number of para-hydroxylation sites is 2. The van der Waals surface area contributed by atoms with Crippen LogP contribution in [-0.2, 0) is 5.88 Å². The molecule has 3 aromatic rings. The van der Waals surface area contributed by atoms with E-state index in [-0.39, 0.29) is 5.88 Å². The highest BCUT2D eigenvalue weighted by Crippen LogP contribution is 2.32. The number of aromatic nitrogens is 2. The second kappa shape index (κ2) is 5.28. The normalized spacial score (nSPS) is 11.2. The second-order valence-electron chi connectivity index (χ2n) is 4.51. The van der Waals surface area contributed by atoms with Gasteiger partial charge in [-0.1, -0.05) is 41.4 Å². The van der Waals surface area contributed by atoms with Gasteiger partial charge in [0.1, 0.15) is 11.3 Å². The summed E-state index contributed by atoms with van der Waals surface area (Å²) in [6.45, 7) is 2.01. The maximum absolute atomic E-state index is 6.37. The van der Waals surface area contributed by atoms with Crippen molar-refractivity contribution in [2.75, 3.05) is 0 Å². The number of benzene rings is 2. The molecular formula is C15H11Cl3N2. The third-order valence-electron chi connectivity index (χ3n) is 3.24. The number of nitrogens with zero attached hydrogens (tertiary/aromatic N) is 2. The van der Waals surface area contributed by atoms with Gasteiger partial charge in [-0.2, -0.15) is 0 Å². The Balaban J connectivity index is 2.44. The molecule has 2 nitrogen and oxygen atoms in total. The fourth-order valence-electron chi connectivity index (χ4n) is 2.36. The minimum Gasteiger partial charge on any atom is -0.293 e. The lowest BCUT2D eigenvalue weighted by molar-refractivity contribution is 0.972. The summed E-state index contributed by atoms with van der Waals surface area (Å²) in [5.41, 5.74) is 3.60. The quantitative estimate of drug-likeness (QED) is 0.578. The summed E-state index contributed by atoms with van der Waals surface area (Å²) < 4.78 is 1.98. The highest BCUT2D eigenvalue weighted by molar-refractivity contribution is 6.35. The summed E-state index contributed by atoms with van der Waals surface area (Å²) >= 11 is 18.6. The van der Waals surface area contributed by atoms with Crippen molar-refractivity contribution in [1.82, 2.24) is 9.55 Å². The molecule has 0 radical (unpaired) electrons. The number of aryl methyl sites for hydroxylation is 1. The molecule has 20 heavy (non-hydrogen) atoms. The van der Waals surface area contributed by atoms with E-state index in [4.69, 9.17) is 34.8 Å². The molecule has 0 unspecified atom stereocenters. The van der Waals surface area contributed by atoms with Gasteiger partial charge in [0.25, 0.3) is 0 Å². The Morgan fingerprint density at radius 1 is 1.05 bits per heavy atom. The topological polar surface area (TPSA) is 17.8 Å². The van der Waals surface area contributed by atoms with Gasteiger partial charge in [-0.25, -0.2) is 4.98 Å². The van der Waals surface area contributed by atoms with Crippen LogP contribution in [0.4, 0.5) is 0 Å². The van der Waals surface area contributed by atoms with Crippen molar-refractivity contribution in [3.63, 3.8) is 0 Å². The second-order valence-corrected chi connectivity index (χ2v) is 5.59. The third-order valence-corrected chi connectivity index (χ3v) is 4.09. The van der Waals surface area contributed by atoms with E-state index < -0.39 is 0 Å². The predicted molar refractivity (Wildman–Crippen MR) is 85.4 cm³/mol. The van der Waals surface area contributed by atoms with Crippen LogP contribution in [0.25, 0.3) is 16.7 Å². The molecule has 0 aliphatic heterocycles. The van der Waals surface area contributed by atoms with Crippen molar-refractivity contribution in [2.24, 2.45) is 0 Å². The van der Waals surface area contributed by atoms with Crippen molar-refractivity contribution in [2.45, 2.75) is 12.8 Å². The van der Waals surface area contributed by atoms with Gasteiger partial charge in [-0.15, -0.1) is 11.6 Å². The Kier molecular flexibility index (Phi) is 3.63. The first-order chi connectivity index (χ1) is 9.63. The van der Waals surface area contributed by atoms with Crippen LogP contribution in [0.3, 0.4) is 0 Å². The zero-order chi connectivity index (χ0) is 14.3. The standard InChI is InChI=1S/C15H11Cl3N2/c1-9-4-2-6-11(18)15(9)20-12-7-3-5-10(17)14(12)19-13(20)8-16/h2-7H,8H2,1H3. The van der Waals surface area contributed by atoms with E-state index in [1.807, 2.05) is 47.9 Å². The number of hydrogen-bond donors (Lipinski definition) is 0. The van der Waals surface area contributed by atoms with Crippen LogP contribution in [0, 0.1) is 6.92 Å². The van der Waals surface area contributed by atoms with E-state index in [9.17, 15) is 0 Å². The number of rotatable bonds is 2. The van der Waals surface area contributed by atoms with Crippen molar-refractivity contribution in [3.8, 4) is 5.69 Å². The van der Waals surface area contributed by atoms with Gasteiger partial charge in [-0.3, -0.25) is 4.57 Å². The zero-order valence-corrected chi connectivity index (χ0v) is 13.0. The zero-order valence-electron chi connectivity index (χ0n) is 10.7. The molecule has 3 rings (SSSR count). The van der Waals surface area contributed by atoms with Crippen LogP contribution < -0.4 is 0 Å². The molecule has 0 N–H and O–H groups in total. The van der Waals surface area contributed by atoms with Crippen LogP contribution in [0.2, 0.25) is 10.0 Å². The van der Waals surface area contributed by atoms with E-state index in [0.717, 1.165) is 28.1 Å². The van der Waals surface area contributed by atoms with E-state index in [1.54, 1.807) is 0 Å². The molecule has 0 spiro atoms. The molecule has 0 aliphatic carbocycles. The Bertz CT molecular complexity index is 773. The molecule has 5 heteroatoms. The molecule has 102 valence electrons. The summed E-state index contributed by atoms with van der Waals surface area (Å²) in [7, 11) is 0. The van der Waals surface area contributed by atoms with Gasteiger partial charge in [0.15, 0.2) is 0 Å². The largest absolute Gasteiger partial charge is 0.293 e. The Hall–Kier alpha value is -1.22. The van der Waals surface area contributed by atoms with Crippen LogP contribution in [0.15, 0.2) is 36.4 Å². The molecule has 0 saturated heterocycles. The van der Waals surface area contributed by atoms with Gasteiger partial charge < -0.3 is 0 Å². The van der Waals surface area contributed by atoms with Gasteiger partial charge in [-0.05, 0) is 30.7 Å². The molecule has 0 aliphatic rings. The predicted octanol–water partition coefficient (Wildman–Crippen LogP) is 5.38. The molecule has 1 heterocycles. The van der Waals surface area contributed by atoms with Crippen molar-refractivity contribution in [1.29, 1.82) is 0 Å². The molecular weight excluding hydrogens is 315 g/mol. The van der Waals surface area contributed by atoms with Crippen LogP contribution >= 0.6 is 34.8 Å². The van der Waals surface area contributed by atoms with E-state index in [1.165, 1.54) is 0 Å². The average molecular weight is 326 g/mol. The maximum Gasteiger partial charge on any atom is 0.129 e. The first-order valence-electron chi connectivity index (χ1n) is 6.10. The maximum atomic E-state index is 6.37. The minimum atomic E-state index is 0.287. The minimum absolute atomic E-state index is 0.287. The molecule has 0 saturated carbocycles. The summed E-state index contributed by atoms with van der Waals surface area (Å²) in [6.07, 6.45) is 0. The highest BCUT2D eigenvalue weighted by Gasteiger charge is 2.17. The summed E-state index contributed by atoms with van der Waals surface area (Å²) in [4.78, 5) is 4.53. The fraction of sp³-hybridized carbons (Fsp3) is 0.133. The van der Waals surface area contributed by atoms with E-state index >= 15 is 0 Å². The van der Waals surface area contributed by atoms with Crippen molar-refractivity contribution < 1.29 is 0 Å². The van der Waals surface area contributed by atoms with Gasteiger partial charge >= 0.3 is 0 Å². The molecule has 0 fully saturated rings. The third kappa shape index (κ3) is 2.08. The Morgan fingerprint density at radius 2 is 1.75 bits per heavy atom. The number of hydrogen-bond acceptors (Lipinski definition) is 1. The molecule has 0 atom stereocenters. The lowest BCUT2D eigenvalue weighted by atomic mass is 10.2. The number of fused-ring (bicyclic) bond motifs is 1. The monoisotopic (exact) mass is 324 g/mol. The van der Waals surface area contributed by atoms with Crippen molar-refractivity contribution >= 4 is 45.8 Å². The molecule has 0 bridgehead atoms. The SMILES string of the molecule is Cc1cccc(Cl)c1-n1c(CCl)nc2c(Cl)cccc21. The summed E-state index contributed by atoms with van der Waals surface area (Å²) in [5, 5.41) is 1.27. The first-order valence-corrected chi connectivity index (χ1v) is 7.40. The fourth-order valence-corrected chi connectivity index (χ4v) is 3.06. The lowest BCUT2D eigenvalue weighted by Crippen LogP contribution is -2.02. The number of imidazole rings is 1. The lowest BCUT2D eigenvalue weighted by Gasteiger charge is -2.13. The average Bonchev–Trinajstić information content (AvgIpc) is 2.79. The molecule has 2 aromatic carbocycles. The van der Waals surface area contributed by atoms with E-state index in [0.29, 0.717) is 10.0 Å². The van der Waals surface area contributed by atoms with Crippen molar-refractivity contribution in [3.05, 3.63) is 57.8 Å². The molecule has 1 aromatic heterocycles. The Labute approximate surface area is 131 Å². The number of alkyl halides is 1. The van der Waals surface area contributed by atoms with Gasteiger partial charge in [0, 0.05) is 0 Å². The summed E-state index contributed by atoms with van der Waals surface area (Å²) in [5.74, 6) is 1.02.